The second kappa shape index (κ2) is 12.8. The molecule has 0 spiro atoms. The summed E-state index contributed by atoms with van der Waals surface area (Å²) in [5.74, 6) is -0.214. The van der Waals surface area contributed by atoms with Crippen LogP contribution in [0.25, 0.3) is 0 Å². The smallest absolute Gasteiger partial charge is 0.244 e. The van der Waals surface area contributed by atoms with Crippen molar-refractivity contribution in [2.24, 2.45) is 0 Å². The molecule has 0 radical (unpaired) electrons. The zero-order valence-corrected chi connectivity index (χ0v) is 22.4. The van der Waals surface area contributed by atoms with Crippen LogP contribution in [0.5, 0.6) is 5.75 Å². The first-order valence-electron chi connectivity index (χ1n) is 11.4. The largest absolute Gasteiger partial charge is 0.497 e. The summed E-state index contributed by atoms with van der Waals surface area (Å²) in [6, 6.07) is 11.1. The molecule has 0 aliphatic heterocycles. The molecule has 8 nitrogen and oxygen atoms in total. The lowest BCUT2D eigenvalue weighted by Gasteiger charge is -2.31. The molecule has 2 aromatic carbocycles. The van der Waals surface area contributed by atoms with E-state index in [1.807, 2.05) is 13.0 Å². The van der Waals surface area contributed by atoms with Crippen LogP contribution in [0.15, 0.2) is 42.5 Å². The zero-order valence-electron chi connectivity index (χ0n) is 20.9. The second-order valence-corrected chi connectivity index (χ2v) is 10.7. The minimum atomic E-state index is -3.82. The highest BCUT2D eigenvalue weighted by Crippen LogP contribution is 2.25. The van der Waals surface area contributed by atoms with E-state index < -0.39 is 28.5 Å². The Hall–Kier alpha value is -2.78. The normalized spacial score (nSPS) is 12.1. The van der Waals surface area contributed by atoms with E-state index in [1.54, 1.807) is 51.3 Å². The van der Waals surface area contributed by atoms with Gasteiger partial charge in [0.05, 0.1) is 19.1 Å². The Morgan fingerprint density at radius 3 is 2.49 bits per heavy atom. The number of rotatable bonds is 12. The highest BCUT2D eigenvalue weighted by Gasteiger charge is 2.30. The number of amides is 2. The summed E-state index contributed by atoms with van der Waals surface area (Å²) in [7, 11) is -2.27. The van der Waals surface area contributed by atoms with E-state index in [-0.39, 0.29) is 18.1 Å². The van der Waals surface area contributed by atoms with Crippen LogP contribution in [-0.2, 0) is 26.2 Å². The lowest BCUT2D eigenvalue weighted by atomic mass is 10.1. The van der Waals surface area contributed by atoms with Crippen LogP contribution in [0, 0.1) is 6.92 Å². The summed E-state index contributed by atoms with van der Waals surface area (Å²) in [6.07, 6.45) is 2.77. The van der Waals surface area contributed by atoms with Gasteiger partial charge in [-0.05, 0) is 55.7 Å². The summed E-state index contributed by atoms with van der Waals surface area (Å²) in [5.41, 5.74) is 1.81. The molecule has 0 aromatic heterocycles. The van der Waals surface area contributed by atoms with E-state index in [1.165, 1.54) is 11.0 Å². The van der Waals surface area contributed by atoms with Crippen molar-refractivity contribution in [3.8, 4) is 5.75 Å². The van der Waals surface area contributed by atoms with Crippen molar-refractivity contribution >= 4 is 39.1 Å². The molecule has 0 bridgehead atoms. The number of methoxy groups -OCH3 is 1. The molecule has 0 aliphatic carbocycles. The Morgan fingerprint density at radius 1 is 1.17 bits per heavy atom. The van der Waals surface area contributed by atoms with Crippen molar-refractivity contribution in [3.05, 3.63) is 58.6 Å². The number of aryl methyl sites for hydroxylation is 1. The van der Waals surface area contributed by atoms with Gasteiger partial charge in [0.1, 0.15) is 18.3 Å². The van der Waals surface area contributed by atoms with Gasteiger partial charge in [-0.25, -0.2) is 8.42 Å². The Kier molecular flexibility index (Phi) is 10.4. The molecular formula is C25H34ClN3O5S. The fraction of sp³-hybridized carbons (Fsp3) is 0.440. The summed E-state index contributed by atoms with van der Waals surface area (Å²) < 4.78 is 31.5. The van der Waals surface area contributed by atoms with E-state index in [0.29, 0.717) is 17.3 Å². The SMILES string of the molecule is CCCCNC(=O)C(C)N(Cc1cccc(OC)c1)C(=O)CN(c1ccc(C)c(Cl)c1)S(C)(=O)=O. The Bertz CT molecular complexity index is 1140. The van der Waals surface area contributed by atoms with Crippen LogP contribution >= 0.6 is 11.6 Å². The average Bonchev–Trinajstić information content (AvgIpc) is 2.81. The number of nitrogens with one attached hydrogen (secondary N) is 1. The zero-order chi connectivity index (χ0) is 26.2. The summed E-state index contributed by atoms with van der Waals surface area (Å²) in [5, 5.41) is 3.24. The molecule has 35 heavy (non-hydrogen) atoms. The summed E-state index contributed by atoms with van der Waals surface area (Å²) in [6.45, 7) is 5.58. The number of carbonyl (C=O) groups is 2. The number of anilines is 1. The van der Waals surface area contributed by atoms with Crippen LogP contribution in [0.3, 0.4) is 0 Å². The van der Waals surface area contributed by atoms with Crippen molar-refractivity contribution < 1.29 is 22.7 Å². The van der Waals surface area contributed by atoms with Gasteiger partial charge in [-0.2, -0.15) is 0 Å². The molecule has 0 saturated carbocycles. The summed E-state index contributed by atoms with van der Waals surface area (Å²) >= 11 is 6.21. The molecule has 192 valence electrons. The molecule has 0 aliphatic rings. The van der Waals surface area contributed by atoms with Gasteiger partial charge in [-0.15, -0.1) is 0 Å². The molecule has 2 rings (SSSR count). The number of hydrogen-bond acceptors (Lipinski definition) is 5. The number of halogens is 1. The van der Waals surface area contributed by atoms with E-state index in [0.717, 1.165) is 34.5 Å². The highest BCUT2D eigenvalue weighted by molar-refractivity contribution is 7.92. The molecular weight excluding hydrogens is 490 g/mol. The molecule has 1 atom stereocenters. The molecule has 0 fully saturated rings. The fourth-order valence-electron chi connectivity index (χ4n) is 3.44. The molecule has 1 unspecified atom stereocenters. The maximum absolute atomic E-state index is 13.5. The first kappa shape index (κ1) is 28.5. The number of carbonyl (C=O) groups excluding carboxylic acids is 2. The second-order valence-electron chi connectivity index (χ2n) is 8.40. The monoisotopic (exact) mass is 523 g/mol. The first-order chi connectivity index (χ1) is 16.5. The molecule has 0 heterocycles. The van der Waals surface area contributed by atoms with Gasteiger partial charge in [0.2, 0.25) is 21.8 Å². The third kappa shape index (κ3) is 8.14. The van der Waals surface area contributed by atoms with E-state index in [2.05, 4.69) is 5.32 Å². The first-order valence-corrected chi connectivity index (χ1v) is 13.6. The van der Waals surface area contributed by atoms with Gasteiger partial charge in [-0.1, -0.05) is 43.1 Å². The van der Waals surface area contributed by atoms with E-state index in [4.69, 9.17) is 16.3 Å². The predicted octanol–water partition coefficient (Wildman–Crippen LogP) is 3.76. The average molecular weight is 524 g/mol. The van der Waals surface area contributed by atoms with E-state index in [9.17, 15) is 18.0 Å². The van der Waals surface area contributed by atoms with Gasteiger partial charge >= 0.3 is 0 Å². The lowest BCUT2D eigenvalue weighted by molar-refractivity contribution is -0.139. The number of hydrogen-bond donors (Lipinski definition) is 1. The Morgan fingerprint density at radius 2 is 1.89 bits per heavy atom. The Labute approximate surface area is 213 Å². The maximum atomic E-state index is 13.5. The van der Waals surface area contributed by atoms with Crippen LogP contribution in [0.4, 0.5) is 5.69 Å². The maximum Gasteiger partial charge on any atom is 0.244 e. The van der Waals surface area contributed by atoms with E-state index >= 15 is 0 Å². The predicted molar refractivity (Wildman–Crippen MR) is 139 cm³/mol. The molecule has 1 N–H and O–H groups in total. The van der Waals surface area contributed by atoms with Gasteiger partial charge in [0, 0.05) is 18.1 Å². The third-order valence-electron chi connectivity index (χ3n) is 5.61. The third-order valence-corrected chi connectivity index (χ3v) is 7.15. The number of benzene rings is 2. The molecule has 2 aromatic rings. The topological polar surface area (TPSA) is 96.0 Å². The Balaban J connectivity index is 2.38. The van der Waals surface area contributed by atoms with Crippen molar-refractivity contribution in [1.29, 1.82) is 0 Å². The van der Waals surface area contributed by atoms with Crippen molar-refractivity contribution in [3.63, 3.8) is 0 Å². The van der Waals surface area contributed by atoms with Crippen LogP contribution in [0.2, 0.25) is 5.02 Å². The fourth-order valence-corrected chi connectivity index (χ4v) is 4.45. The standard InChI is InChI=1S/C25H34ClN3O5S/c1-6-7-13-27-25(31)19(3)28(16-20-9-8-10-22(14-20)34-4)24(30)17-29(35(5,32)33)21-12-11-18(2)23(26)15-21/h8-12,14-15,19H,6-7,13,16-17H2,1-5H3,(H,27,31). The number of nitrogens with zero attached hydrogens (tertiary/aromatic N) is 2. The van der Waals surface area contributed by atoms with Crippen LogP contribution in [-0.4, -0.2) is 57.6 Å². The number of ether oxygens (including phenoxy) is 1. The minimum absolute atomic E-state index is 0.102. The number of sulfonamides is 1. The van der Waals surface area contributed by atoms with Gasteiger partial charge in [0.15, 0.2) is 0 Å². The van der Waals surface area contributed by atoms with Crippen molar-refractivity contribution in [2.45, 2.75) is 46.2 Å². The van der Waals surface area contributed by atoms with Crippen LogP contribution in [0.1, 0.15) is 37.8 Å². The number of unbranched alkanes of at least 4 members (excludes halogenated alkanes) is 1. The quantitative estimate of drug-likeness (QED) is 0.427. The molecule has 0 saturated heterocycles. The van der Waals surface area contributed by atoms with Crippen molar-refractivity contribution in [2.75, 3.05) is 30.8 Å². The van der Waals surface area contributed by atoms with Gasteiger partial charge in [0.25, 0.3) is 0 Å². The lowest BCUT2D eigenvalue weighted by Crippen LogP contribution is -2.51. The highest BCUT2D eigenvalue weighted by atomic mass is 35.5. The van der Waals surface area contributed by atoms with Gasteiger partial charge in [-0.3, -0.25) is 13.9 Å². The van der Waals surface area contributed by atoms with Gasteiger partial charge < -0.3 is 15.0 Å². The molecule has 2 amide bonds. The minimum Gasteiger partial charge on any atom is -0.497 e. The van der Waals surface area contributed by atoms with Crippen LogP contribution < -0.4 is 14.4 Å². The molecule has 10 heteroatoms. The van der Waals surface area contributed by atoms with Crippen molar-refractivity contribution in [1.82, 2.24) is 10.2 Å². The summed E-state index contributed by atoms with van der Waals surface area (Å²) in [4.78, 5) is 27.7.